The fraction of sp³-hybridized carbons (Fsp3) is 0.286. The molecule has 202 valence electrons. The smallest absolute Gasteiger partial charge is 0.322 e. The molecule has 1 saturated heterocycles. The number of para-hydroxylation sites is 1. The quantitative estimate of drug-likeness (QED) is 0.291. The SMILES string of the molecule is COc1ccc2c(OC3C[C@@H](C(N)=O)N(C(=O)Nc4ccccc4)C3)cc(-c3csc(NC(C)C)n3)nc2c1. The third-order valence-electron chi connectivity index (χ3n) is 6.33. The second kappa shape index (κ2) is 11.2. The highest BCUT2D eigenvalue weighted by Gasteiger charge is 2.40. The summed E-state index contributed by atoms with van der Waals surface area (Å²) in [5.41, 5.74) is 8.34. The Hall–Kier alpha value is -4.38. The molecule has 0 saturated carbocycles. The normalized spacial score (nSPS) is 16.9. The van der Waals surface area contributed by atoms with Crippen LogP contribution in [0.25, 0.3) is 22.3 Å². The van der Waals surface area contributed by atoms with E-state index in [1.54, 1.807) is 19.2 Å². The van der Waals surface area contributed by atoms with Crippen molar-refractivity contribution in [3.63, 3.8) is 0 Å². The maximum atomic E-state index is 13.0. The van der Waals surface area contributed by atoms with Crippen molar-refractivity contribution in [3.05, 3.63) is 60.0 Å². The van der Waals surface area contributed by atoms with Gasteiger partial charge >= 0.3 is 6.03 Å². The first kappa shape index (κ1) is 26.2. The minimum Gasteiger partial charge on any atom is -0.497 e. The van der Waals surface area contributed by atoms with Gasteiger partial charge in [-0.1, -0.05) is 18.2 Å². The average molecular weight is 547 g/mol. The van der Waals surface area contributed by atoms with Crippen molar-refractivity contribution in [3.8, 4) is 22.9 Å². The van der Waals surface area contributed by atoms with Crippen molar-refractivity contribution in [1.29, 1.82) is 0 Å². The first-order valence-electron chi connectivity index (χ1n) is 12.6. The average Bonchev–Trinajstić information content (AvgIpc) is 3.56. The molecule has 3 heterocycles. The van der Waals surface area contributed by atoms with E-state index in [9.17, 15) is 9.59 Å². The van der Waals surface area contributed by atoms with Gasteiger partial charge in [-0.15, -0.1) is 11.3 Å². The van der Waals surface area contributed by atoms with E-state index in [1.807, 2.05) is 47.8 Å². The molecular weight excluding hydrogens is 516 g/mol. The molecule has 5 rings (SSSR count). The monoisotopic (exact) mass is 546 g/mol. The molecule has 11 heteroatoms. The van der Waals surface area contributed by atoms with Gasteiger partial charge in [0.25, 0.3) is 0 Å². The van der Waals surface area contributed by atoms with Crippen molar-refractivity contribution in [2.75, 3.05) is 24.3 Å². The summed E-state index contributed by atoms with van der Waals surface area (Å²) in [7, 11) is 1.60. The molecular formula is C28H30N6O4S. The summed E-state index contributed by atoms with van der Waals surface area (Å²) < 4.78 is 11.9. The number of nitrogens with one attached hydrogen (secondary N) is 2. The van der Waals surface area contributed by atoms with Gasteiger partial charge in [0, 0.05) is 41.0 Å². The number of aromatic nitrogens is 2. The highest BCUT2D eigenvalue weighted by atomic mass is 32.1. The Morgan fingerprint density at radius 1 is 1.10 bits per heavy atom. The number of rotatable bonds is 8. The zero-order valence-corrected chi connectivity index (χ0v) is 22.7. The number of carbonyl (C=O) groups is 2. The van der Waals surface area contributed by atoms with Crippen molar-refractivity contribution in [2.24, 2.45) is 5.73 Å². The molecule has 0 aliphatic carbocycles. The first-order chi connectivity index (χ1) is 18.8. The summed E-state index contributed by atoms with van der Waals surface area (Å²) in [6.07, 6.45) is -0.190. The number of pyridine rings is 1. The number of carbonyl (C=O) groups excluding carboxylic acids is 2. The Bertz CT molecular complexity index is 1490. The number of nitrogens with two attached hydrogens (primary N) is 1. The number of primary amides is 1. The van der Waals surface area contributed by atoms with Crippen LogP contribution in [0, 0.1) is 0 Å². The molecule has 3 amide bonds. The predicted molar refractivity (Wildman–Crippen MR) is 152 cm³/mol. The summed E-state index contributed by atoms with van der Waals surface area (Å²) in [5, 5.41) is 9.66. The molecule has 1 aliphatic heterocycles. The molecule has 4 N–H and O–H groups in total. The highest BCUT2D eigenvalue weighted by molar-refractivity contribution is 7.14. The number of methoxy groups -OCH3 is 1. The molecule has 0 spiro atoms. The lowest BCUT2D eigenvalue weighted by atomic mass is 10.1. The number of benzene rings is 2. The van der Waals surface area contributed by atoms with Crippen LogP contribution in [-0.2, 0) is 4.79 Å². The second-order valence-electron chi connectivity index (χ2n) is 9.57. The molecule has 39 heavy (non-hydrogen) atoms. The molecule has 1 fully saturated rings. The van der Waals surface area contributed by atoms with Crippen LogP contribution < -0.4 is 25.8 Å². The van der Waals surface area contributed by atoms with Crippen molar-refractivity contribution in [1.82, 2.24) is 14.9 Å². The van der Waals surface area contributed by atoms with Gasteiger partial charge in [-0.05, 0) is 38.1 Å². The minimum absolute atomic E-state index is 0.195. The fourth-order valence-corrected chi connectivity index (χ4v) is 5.36. The third kappa shape index (κ3) is 5.88. The molecule has 0 bridgehead atoms. The van der Waals surface area contributed by atoms with Gasteiger partial charge in [0.15, 0.2) is 5.13 Å². The van der Waals surface area contributed by atoms with Gasteiger partial charge in [-0.25, -0.2) is 14.8 Å². The van der Waals surface area contributed by atoms with Crippen molar-refractivity contribution < 1.29 is 19.1 Å². The molecule has 2 atom stereocenters. The maximum Gasteiger partial charge on any atom is 0.322 e. The molecule has 2 aromatic carbocycles. The van der Waals surface area contributed by atoms with Crippen LogP contribution in [0.5, 0.6) is 11.5 Å². The number of hydrogen-bond acceptors (Lipinski definition) is 8. The number of thiazole rings is 1. The number of ether oxygens (including phenoxy) is 2. The standard InChI is InChI=1S/C28H30N6O4S/c1-16(2)30-27-33-23(15-39-27)22-13-25(20-10-9-18(37-3)11-21(20)32-22)38-19-12-24(26(29)35)34(14-19)28(36)31-17-7-5-4-6-8-17/h4-11,13,15-16,19,24H,12,14H2,1-3H3,(H2,29,35)(H,30,33)(H,31,36)/t19?,24-/m0/s1. The molecule has 1 aliphatic rings. The van der Waals surface area contributed by atoms with Crippen LogP contribution in [0.1, 0.15) is 20.3 Å². The van der Waals surface area contributed by atoms with Gasteiger partial charge < -0.3 is 30.7 Å². The van der Waals surface area contributed by atoms with Crippen LogP contribution in [0.3, 0.4) is 0 Å². The molecule has 2 aromatic heterocycles. The van der Waals surface area contributed by atoms with Crippen LogP contribution in [0.4, 0.5) is 15.6 Å². The lowest BCUT2D eigenvalue weighted by Crippen LogP contribution is -2.45. The molecule has 10 nitrogen and oxygen atoms in total. The van der Waals surface area contributed by atoms with E-state index < -0.39 is 24.1 Å². The van der Waals surface area contributed by atoms with Crippen molar-refractivity contribution in [2.45, 2.75) is 38.5 Å². The van der Waals surface area contributed by atoms with Crippen LogP contribution in [0.15, 0.2) is 60.0 Å². The third-order valence-corrected chi connectivity index (χ3v) is 7.10. The number of likely N-dealkylation sites (tertiary alicyclic amines) is 1. The van der Waals surface area contributed by atoms with E-state index in [1.165, 1.54) is 16.2 Å². The topological polar surface area (TPSA) is 132 Å². The van der Waals surface area contributed by atoms with Gasteiger partial charge in [-0.3, -0.25) is 4.79 Å². The number of anilines is 2. The first-order valence-corrected chi connectivity index (χ1v) is 13.5. The fourth-order valence-electron chi connectivity index (χ4n) is 4.51. The Balaban J connectivity index is 1.44. The Morgan fingerprint density at radius 3 is 2.62 bits per heavy atom. The Kier molecular flexibility index (Phi) is 7.51. The number of amides is 3. The number of hydrogen-bond donors (Lipinski definition) is 3. The van der Waals surface area contributed by atoms with E-state index in [0.717, 1.165) is 10.5 Å². The summed E-state index contributed by atoms with van der Waals surface area (Å²) >= 11 is 1.50. The van der Waals surface area contributed by atoms with Crippen molar-refractivity contribution >= 4 is 45.0 Å². The van der Waals surface area contributed by atoms with Gasteiger partial charge in [0.05, 0.1) is 24.9 Å². The lowest BCUT2D eigenvalue weighted by Gasteiger charge is -2.22. The van der Waals surface area contributed by atoms with Gasteiger partial charge in [0.1, 0.15) is 29.3 Å². The number of urea groups is 1. The summed E-state index contributed by atoms with van der Waals surface area (Å²) in [5.74, 6) is 0.654. The zero-order valence-electron chi connectivity index (χ0n) is 21.9. The zero-order chi connectivity index (χ0) is 27.5. The number of fused-ring (bicyclic) bond motifs is 1. The lowest BCUT2D eigenvalue weighted by molar-refractivity contribution is -0.121. The Morgan fingerprint density at radius 2 is 1.90 bits per heavy atom. The second-order valence-corrected chi connectivity index (χ2v) is 10.4. The Labute approximate surface area is 230 Å². The van der Waals surface area contributed by atoms with E-state index in [0.29, 0.717) is 34.1 Å². The van der Waals surface area contributed by atoms with E-state index >= 15 is 0 Å². The predicted octanol–water partition coefficient (Wildman–Crippen LogP) is 4.73. The minimum atomic E-state index is -0.797. The highest BCUT2D eigenvalue weighted by Crippen LogP contribution is 2.35. The number of nitrogens with zero attached hydrogens (tertiary/aromatic N) is 3. The molecule has 1 unspecified atom stereocenters. The summed E-state index contributed by atoms with van der Waals surface area (Å²) in [6, 6.07) is 15.5. The molecule has 4 aromatic rings. The van der Waals surface area contributed by atoms with E-state index in [4.69, 9.17) is 20.2 Å². The maximum absolute atomic E-state index is 13.0. The van der Waals surface area contributed by atoms with Crippen LogP contribution in [-0.4, -0.2) is 58.6 Å². The van der Waals surface area contributed by atoms with Gasteiger partial charge in [-0.2, -0.15) is 0 Å². The summed E-state index contributed by atoms with van der Waals surface area (Å²) in [6.45, 7) is 4.30. The van der Waals surface area contributed by atoms with Crippen LogP contribution in [0.2, 0.25) is 0 Å². The van der Waals surface area contributed by atoms with Crippen LogP contribution >= 0.6 is 11.3 Å². The van der Waals surface area contributed by atoms with E-state index in [-0.39, 0.29) is 19.0 Å². The van der Waals surface area contributed by atoms with Gasteiger partial charge in [0.2, 0.25) is 5.91 Å². The molecule has 0 radical (unpaired) electrons. The van der Waals surface area contributed by atoms with E-state index in [2.05, 4.69) is 29.5 Å². The largest absolute Gasteiger partial charge is 0.497 e. The summed E-state index contributed by atoms with van der Waals surface area (Å²) in [4.78, 5) is 36.3.